The van der Waals surface area contributed by atoms with Crippen LogP contribution < -0.4 is 10.6 Å². The molecule has 2 atom stereocenters. The standard InChI is InChI=1S/C17H18N4O2S/c1-10(15-20-12-6-3-4-7-13(12)21-15)18-16(22)11(2)19-17(23)14-8-5-9-24-14/h3-11H,1-2H3,(H,18,22)(H,19,23)(H,20,21)/t10-,11+/m1/s1. The van der Waals surface area contributed by atoms with Crippen LogP contribution in [0.5, 0.6) is 0 Å². The first kappa shape index (κ1) is 16.2. The Morgan fingerprint density at radius 1 is 1.12 bits per heavy atom. The average Bonchev–Trinajstić information content (AvgIpc) is 3.23. The minimum Gasteiger partial charge on any atom is -0.345 e. The van der Waals surface area contributed by atoms with Gasteiger partial charge in [-0.1, -0.05) is 18.2 Å². The lowest BCUT2D eigenvalue weighted by Crippen LogP contribution is -2.45. The van der Waals surface area contributed by atoms with Crippen molar-refractivity contribution < 1.29 is 9.59 Å². The van der Waals surface area contributed by atoms with Gasteiger partial charge in [0.15, 0.2) is 0 Å². The molecule has 7 heteroatoms. The van der Waals surface area contributed by atoms with E-state index in [1.54, 1.807) is 19.1 Å². The summed E-state index contributed by atoms with van der Waals surface area (Å²) in [5.74, 6) is 0.179. The highest BCUT2D eigenvalue weighted by molar-refractivity contribution is 7.12. The molecule has 2 amide bonds. The number of H-pyrrole nitrogens is 1. The van der Waals surface area contributed by atoms with E-state index >= 15 is 0 Å². The Hall–Kier alpha value is -2.67. The zero-order chi connectivity index (χ0) is 17.1. The first-order chi connectivity index (χ1) is 11.5. The van der Waals surface area contributed by atoms with E-state index < -0.39 is 6.04 Å². The molecule has 0 saturated heterocycles. The van der Waals surface area contributed by atoms with E-state index in [4.69, 9.17) is 0 Å². The minimum atomic E-state index is -0.633. The number of fused-ring (bicyclic) bond motifs is 1. The zero-order valence-corrected chi connectivity index (χ0v) is 14.2. The molecule has 124 valence electrons. The summed E-state index contributed by atoms with van der Waals surface area (Å²) in [5.41, 5.74) is 1.78. The second kappa shape index (κ2) is 6.84. The molecule has 0 fully saturated rings. The molecule has 0 spiro atoms. The van der Waals surface area contributed by atoms with Crippen LogP contribution in [0, 0.1) is 0 Å². The van der Waals surface area contributed by atoms with E-state index in [0.717, 1.165) is 11.0 Å². The Morgan fingerprint density at radius 2 is 1.92 bits per heavy atom. The fraction of sp³-hybridized carbons (Fsp3) is 0.235. The van der Waals surface area contributed by atoms with Crippen LogP contribution in [-0.4, -0.2) is 27.8 Å². The summed E-state index contributed by atoms with van der Waals surface area (Å²) in [6.07, 6.45) is 0. The molecule has 3 N–H and O–H groups in total. The molecule has 2 aromatic heterocycles. The summed E-state index contributed by atoms with van der Waals surface area (Å²) in [6, 6.07) is 10.3. The SMILES string of the molecule is C[C@H](NC(=O)c1cccs1)C(=O)N[C@H](C)c1nc2ccccc2[nH]1. The van der Waals surface area contributed by atoms with Gasteiger partial charge in [-0.2, -0.15) is 0 Å². The lowest BCUT2D eigenvalue weighted by Gasteiger charge is -2.17. The summed E-state index contributed by atoms with van der Waals surface area (Å²) < 4.78 is 0. The van der Waals surface area contributed by atoms with E-state index in [1.165, 1.54) is 11.3 Å². The Kier molecular flexibility index (Phi) is 4.61. The number of aromatic nitrogens is 2. The molecule has 0 aliphatic heterocycles. The maximum absolute atomic E-state index is 12.3. The number of nitrogens with zero attached hydrogens (tertiary/aromatic N) is 1. The van der Waals surface area contributed by atoms with Crippen LogP contribution in [0.25, 0.3) is 11.0 Å². The molecule has 0 aliphatic carbocycles. The fourth-order valence-corrected chi connectivity index (χ4v) is 2.95. The largest absolute Gasteiger partial charge is 0.345 e. The number of rotatable bonds is 5. The first-order valence-corrected chi connectivity index (χ1v) is 8.52. The van der Waals surface area contributed by atoms with Crippen LogP contribution in [0.1, 0.15) is 35.4 Å². The van der Waals surface area contributed by atoms with E-state index in [0.29, 0.717) is 10.7 Å². The molecule has 0 bridgehead atoms. The number of hydrogen-bond donors (Lipinski definition) is 3. The Labute approximate surface area is 143 Å². The van der Waals surface area contributed by atoms with Crippen molar-refractivity contribution in [2.24, 2.45) is 0 Å². The van der Waals surface area contributed by atoms with Gasteiger partial charge in [0.1, 0.15) is 11.9 Å². The van der Waals surface area contributed by atoms with Crippen LogP contribution >= 0.6 is 11.3 Å². The van der Waals surface area contributed by atoms with Gasteiger partial charge in [-0.3, -0.25) is 9.59 Å². The van der Waals surface area contributed by atoms with E-state index in [1.807, 2.05) is 36.6 Å². The maximum Gasteiger partial charge on any atom is 0.261 e. The van der Waals surface area contributed by atoms with Gasteiger partial charge < -0.3 is 15.6 Å². The predicted molar refractivity (Wildman–Crippen MR) is 93.9 cm³/mol. The number of para-hydroxylation sites is 2. The number of carbonyl (C=O) groups is 2. The topological polar surface area (TPSA) is 86.9 Å². The van der Waals surface area contributed by atoms with Crippen LogP contribution in [0.4, 0.5) is 0 Å². The lowest BCUT2D eigenvalue weighted by molar-refractivity contribution is -0.123. The summed E-state index contributed by atoms with van der Waals surface area (Å²) in [6.45, 7) is 3.51. The molecule has 24 heavy (non-hydrogen) atoms. The highest BCUT2D eigenvalue weighted by Crippen LogP contribution is 2.15. The van der Waals surface area contributed by atoms with Crippen molar-refractivity contribution in [2.75, 3.05) is 0 Å². The number of amides is 2. The van der Waals surface area contributed by atoms with Crippen molar-refractivity contribution in [2.45, 2.75) is 25.9 Å². The van der Waals surface area contributed by atoms with Crippen LogP contribution in [-0.2, 0) is 4.79 Å². The monoisotopic (exact) mass is 342 g/mol. The van der Waals surface area contributed by atoms with Gasteiger partial charge in [0, 0.05) is 0 Å². The van der Waals surface area contributed by atoms with Gasteiger partial charge >= 0.3 is 0 Å². The molecule has 0 aliphatic rings. The average molecular weight is 342 g/mol. The third-order valence-electron chi connectivity index (χ3n) is 3.66. The van der Waals surface area contributed by atoms with Gasteiger partial charge in [-0.05, 0) is 37.4 Å². The van der Waals surface area contributed by atoms with Crippen molar-refractivity contribution in [3.05, 3.63) is 52.5 Å². The third kappa shape index (κ3) is 3.46. The summed E-state index contributed by atoms with van der Waals surface area (Å²) in [5, 5.41) is 7.38. The van der Waals surface area contributed by atoms with Crippen molar-refractivity contribution in [1.82, 2.24) is 20.6 Å². The number of hydrogen-bond acceptors (Lipinski definition) is 4. The molecule has 0 unspecified atom stereocenters. The van der Waals surface area contributed by atoms with Crippen LogP contribution in [0.3, 0.4) is 0 Å². The molecule has 3 rings (SSSR count). The van der Waals surface area contributed by atoms with E-state index in [2.05, 4.69) is 20.6 Å². The number of benzene rings is 1. The van der Waals surface area contributed by atoms with Gasteiger partial charge in [0.05, 0.1) is 22.0 Å². The maximum atomic E-state index is 12.3. The van der Waals surface area contributed by atoms with Crippen molar-refractivity contribution in [3.63, 3.8) is 0 Å². The van der Waals surface area contributed by atoms with Gasteiger partial charge in [-0.15, -0.1) is 11.3 Å². The minimum absolute atomic E-state index is 0.246. The second-order valence-corrected chi connectivity index (χ2v) is 6.49. The lowest BCUT2D eigenvalue weighted by atomic mass is 10.2. The Bertz CT molecular complexity index is 823. The molecule has 2 heterocycles. The van der Waals surface area contributed by atoms with Crippen molar-refractivity contribution in [1.29, 1.82) is 0 Å². The van der Waals surface area contributed by atoms with Crippen molar-refractivity contribution >= 4 is 34.2 Å². The summed E-state index contributed by atoms with van der Waals surface area (Å²) >= 11 is 1.34. The second-order valence-electron chi connectivity index (χ2n) is 5.54. The Balaban J connectivity index is 1.61. The van der Waals surface area contributed by atoms with Crippen LogP contribution in [0.2, 0.25) is 0 Å². The van der Waals surface area contributed by atoms with Crippen LogP contribution in [0.15, 0.2) is 41.8 Å². The first-order valence-electron chi connectivity index (χ1n) is 7.64. The normalized spacial score (nSPS) is 13.4. The molecule has 6 nitrogen and oxygen atoms in total. The molecule has 0 saturated carbocycles. The predicted octanol–water partition coefficient (Wildman–Crippen LogP) is 2.62. The van der Waals surface area contributed by atoms with E-state index in [-0.39, 0.29) is 17.9 Å². The number of carbonyl (C=O) groups excluding carboxylic acids is 2. The number of thiophene rings is 1. The van der Waals surface area contributed by atoms with Gasteiger partial charge in [-0.25, -0.2) is 4.98 Å². The summed E-state index contributed by atoms with van der Waals surface area (Å²) in [4.78, 5) is 32.5. The van der Waals surface area contributed by atoms with Crippen molar-refractivity contribution in [3.8, 4) is 0 Å². The number of nitrogens with one attached hydrogen (secondary N) is 3. The number of aromatic amines is 1. The molecule has 0 radical (unpaired) electrons. The smallest absolute Gasteiger partial charge is 0.261 e. The molecular weight excluding hydrogens is 324 g/mol. The highest BCUT2D eigenvalue weighted by Gasteiger charge is 2.20. The van der Waals surface area contributed by atoms with Gasteiger partial charge in [0.2, 0.25) is 5.91 Å². The fourth-order valence-electron chi connectivity index (χ4n) is 2.33. The highest BCUT2D eigenvalue weighted by atomic mass is 32.1. The third-order valence-corrected chi connectivity index (χ3v) is 4.53. The van der Waals surface area contributed by atoms with E-state index in [9.17, 15) is 9.59 Å². The zero-order valence-electron chi connectivity index (χ0n) is 13.4. The Morgan fingerprint density at radius 3 is 2.62 bits per heavy atom. The summed E-state index contributed by atoms with van der Waals surface area (Å²) in [7, 11) is 0. The molecular formula is C17H18N4O2S. The number of imidazole rings is 1. The van der Waals surface area contributed by atoms with Gasteiger partial charge in [0.25, 0.3) is 5.91 Å². The molecule has 3 aromatic rings. The quantitative estimate of drug-likeness (QED) is 0.666. The molecule has 1 aromatic carbocycles.